The maximum Gasteiger partial charge on any atom is 0.225 e. The van der Waals surface area contributed by atoms with Crippen LogP contribution in [0.15, 0.2) is 36.4 Å². The van der Waals surface area contributed by atoms with Crippen molar-refractivity contribution in [3.05, 3.63) is 42.0 Å². The Morgan fingerprint density at radius 2 is 1.83 bits per heavy atom. The van der Waals surface area contributed by atoms with E-state index in [2.05, 4.69) is 45.5 Å². The van der Waals surface area contributed by atoms with Gasteiger partial charge in [0.05, 0.1) is 11.6 Å². The number of amides is 1. The van der Waals surface area contributed by atoms with Gasteiger partial charge in [-0.2, -0.15) is 0 Å². The van der Waals surface area contributed by atoms with Crippen molar-refractivity contribution in [2.24, 2.45) is 5.92 Å². The van der Waals surface area contributed by atoms with Crippen LogP contribution in [-0.2, 0) is 4.79 Å². The van der Waals surface area contributed by atoms with Crippen molar-refractivity contribution in [1.82, 2.24) is 15.5 Å². The van der Waals surface area contributed by atoms with Crippen molar-refractivity contribution in [3.8, 4) is 11.3 Å². The van der Waals surface area contributed by atoms with Gasteiger partial charge >= 0.3 is 0 Å². The van der Waals surface area contributed by atoms with Crippen LogP contribution in [0.5, 0.6) is 0 Å². The Balaban J connectivity index is 1.38. The first-order chi connectivity index (χ1) is 14.2. The molecule has 1 aliphatic heterocycles. The molecule has 1 saturated carbocycles. The summed E-state index contributed by atoms with van der Waals surface area (Å²) in [6.07, 6.45) is 9.34. The van der Waals surface area contributed by atoms with E-state index in [4.69, 9.17) is 0 Å². The SMILES string of the molecule is Cc1cccc(-c2ccc(N3CCC[C@@H](C(=O)NC4CCCCCC4)C3)nn2)c1. The monoisotopic (exact) mass is 392 g/mol. The third-order valence-corrected chi connectivity index (χ3v) is 6.28. The molecule has 154 valence electrons. The highest BCUT2D eigenvalue weighted by molar-refractivity contribution is 5.79. The highest BCUT2D eigenvalue weighted by Gasteiger charge is 2.28. The van der Waals surface area contributed by atoms with Gasteiger partial charge in [-0.25, -0.2) is 0 Å². The zero-order valence-corrected chi connectivity index (χ0v) is 17.4. The summed E-state index contributed by atoms with van der Waals surface area (Å²) in [5, 5.41) is 12.3. The number of carbonyl (C=O) groups excluding carboxylic acids is 1. The zero-order chi connectivity index (χ0) is 20.1. The molecule has 0 unspecified atom stereocenters. The van der Waals surface area contributed by atoms with Crippen molar-refractivity contribution in [2.75, 3.05) is 18.0 Å². The molecule has 1 aromatic carbocycles. The molecule has 29 heavy (non-hydrogen) atoms. The Kier molecular flexibility index (Phi) is 6.43. The molecule has 0 spiro atoms. The normalized spacial score (nSPS) is 20.9. The molecule has 5 heteroatoms. The van der Waals surface area contributed by atoms with Crippen molar-refractivity contribution < 1.29 is 4.79 Å². The Hall–Kier alpha value is -2.43. The third-order valence-electron chi connectivity index (χ3n) is 6.28. The van der Waals surface area contributed by atoms with Gasteiger partial charge in [-0.1, -0.05) is 49.4 Å². The molecule has 1 aliphatic carbocycles. The molecule has 1 atom stereocenters. The molecule has 1 amide bonds. The lowest BCUT2D eigenvalue weighted by Crippen LogP contribution is -2.46. The molecular weight excluding hydrogens is 360 g/mol. The number of carbonyl (C=O) groups is 1. The molecule has 2 fully saturated rings. The van der Waals surface area contributed by atoms with E-state index in [1.54, 1.807) is 0 Å². The van der Waals surface area contributed by atoms with Crippen molar-refractivity contribution in [1.29, 1.82) is 0 Å². The van der Waals surface area contributed by atoms with Crippen LogP contribution < -0.4 is 10.2 Å². The molecule has 1 aromatic heterocycles. The highest BCUT2D eigenvalue weighted by Crippen LogP contribution is 2.25. The van der Waals surface area contributed by atoms with Gasteiger partial charge in [0.25, 0.3) is 0 Å². The second-order valence-electron chi connectivity index (χ2n) is 8.63. The number of nitrogens with one attached hydrogen (secondary N) is 1. The lowest BCUT2D eigenvalue weighted by Gasteiger charge is -2.33. The molecule has 2 aromatic rings. The van der Waals surface area contributed by atoms with Gasteiger partial charge in [0, 0.05) is 24.7 Å². The summed E-state index contributed by atoms with van der Waals surface area (Å²) in [7, 11) is 0. The fourth-order valence-corrected chi connectivity index (χ4v) is 4.59. The van der Waals surface area contributed by atoms with E-state index in [0.717, 1.165) is 55.8 Å². The number of benzene rings is 1. The lowest BCUT2D eigenvalue weighted by molar-refractivity contribution is -0.126. The number of nitrogens with zero attached hydrogens (tertiary/aromatic N) is 3. The van der Waals surface area contributed by atoms with E-state index in [9.17, 15) is 4.79 Å². The summed E-state index contributed by atoms with van der Waals surface area (Å²) in [5.41, 5.74) is 3.19. The molecule has 2 aliphatic rings. The van der Waals surface area contributed by atoms with Crippen LogP contribution in [0.25, 0.3) is 11.3 Å². The predicted octanol–water partition coefficient (Wildman–Crippen LogP) is 4.51. The second kappa shape index (κ2) is 9.38. The Labute approximate surface area is 173 Å². The maximum absolute atomic E-state index is 12.9. The van der Waals surface area contributed by atoms with Crippen molar-refractivity contribution in [2.45, 2.75) is 64.3 Å². The average Bonchev–Trinajstić information content (AvgIpc) is 3.03. The molecule has 1 saturated heterocycles. The average molecular weight is 393 g/mol. The van der Waals surface area contributed by atoms with Gasteiger partial charge in [-0.05, 0) is 50.8 Å². The minimum Gasteiger partial charge on any atom is -0.354 e. The third kappa shape index (κ3) is 5.14. The number of aryl methyl sites for hydroxylation is 1. The van der Waals surface area contributed by atoms with Crippen LogP contribution in [0.1, 0.15) is 56.9 Å². The van der Waals surface area contributed by atoms with E-state index >= 15 is 0 Å². The number of rotatable bonds is 4. The van der Waals surface area contributed by atoms with E-state index < -0.39 is 0 Å². The molecule has 2 heterocycles. The highest BCUT2D eigenvalue weighted by atomic mass is 16.2. The van der Waals surface area contributed by atoms with Gasteiger partial charge in [0.15, 0.2) is 5.82 Å². The smallest absolute Gasteiger partial charge is 0.225 e. The summed E-state index contributed by atoms with van der Waals surface area (Å²) in [5.74, 6) is 1.14. The zero-order valence-electron chi connectivity index (χ0n) is 17.4. The molecule has 0 radical (unpaired) electrons. The van der Waals surface area contributed by atoms with Gasteiger partial charge in [-0.3, -0.25) is 4.79 Å². The van der Waals surface area contributed by atoms with E-state index in [0.29, 0.717) is 6.04 Å². The first-order valence-corrected chi connectivity index (χ1v) is 11.1. The lowest BCUT2D eigenvalue weighted by atomic mass is 9.96. The van der Waals surface area contributed by atoms with Crippen LogP contribution in [0.3, 0.4) is 0 Å². The number of hydrogen-bond donors (Lipinski definition) is 1. The maximum atomic E-state index is 12.9. The number of anilines is 1. The summed E-state index contributed by atoms with van der Waals surface area (Å²) < 4.78 is 0. The Morgan fingerprint density at radius 3 is 2.55 bits per heavy atom. The Morgan fingerprint density at radius 1 is 1.00 bits per heavy atom. The van der Waals surface area contributed by atoms with Crippen LogP contribution >= 0.6 is 0 Å². The quantitative estimate of drug-likeness (QED) is 0.778. The first kappa shape index (κ1) is 19.9. The summed E-state index contributed by atoms with van der Waals surface area (Å²) >= 11 is 0. The van der Waals surface area contributed by atoms with Crippen LogP contribution in [0.4, 0.5) is 5.82 Å². The number of piperidine rings is 1. The van der Waals surface area contributed by atoms with Crippen LogP contribution in [0.2, 0.25) is 0 Å². The number of hydrogen-bond acceptors (Lipinski definition) is 4. The van der Waals surface area contributed by atoms with E-state index in [1.165, 1.54) is 31.2 Å². The van der Waals surface area contributed by atoms with E-state index in [-0.39, 0.29) is 11.8 Å². The standard InChI is InChI=1S/C24H32N4O/c1-18-8-6-9-19(16-18)22-13-14-23(27-26-22)28-15-7-10-20(17-28)24(29)25-21-11-4-2-3-5-12-21/h6,8-9,13-14,16,20-21H,2-5,7,10-12,15,17H2,1H3,(H,25,29)/t20-/m1/s1. The van der Waals surface area contributed by atoms with Gasteiger partial charge in [-0.15, -0.1) is 10.2 Å². The minimum atomic E-state index is 0.0465. The van der Waals surface area contributed by atoms with Crippen LogP contribution in [-0.4, -0.2) is 35.2 Å². The summed E-state index contributed by atoms with van der Waals surface area (Å²) in [4.78, 5) is 15.1. The second-order valence-corrected chi connectivity index (χ2v) is 8.63. The molecule has 1 N–H and O–H groups in total. The predicted molar refractivity (Wildman–Crippen MR) is 117 cm³/mol. The Bertz CT molecular complexity index is 812. The molecular formula is C24H32N4O. The van der Waals surface area contributed by atoms with E-state index in [1.807, 2.05) is 18.2 Å². The molecule has 4 rings (SSSR count). The fourth-order valence-electron chi connectivity index (χ4n) is 4.59. The minimum absolute atomic E-state index is 0.0465. The number of aromatic nitrogens is 2. The van der Waals surface area contributed by atoms with Crippen molar-refractivity contribution in [3.63, 3.8) is 0 Å². The largest absolute Gasteiger partial charge is 0.354 e. The van der Waals surface area contributed by atoms with Crippen molar-refractivity contribution >= 4 is 11.7 Å². The summed E-state index contributed by atoms with van der Waals surface area (Å²) in [6.45, 7) is 3.75. The molecule has 0 bridgehead atoms. The van der Waals surface area contributed by atoms with Gasteiger partial charge in [0.1, 0.15) is 0 Å². The fraction of sp³-hybridized carbons (Fsp3) is 0.542. The summed E-state index contributed by atoms with van der Waals surface area (Å²) in [6, 6.07) is 12.8. The van der Waals surface area contributed by atoms with Gasteiger partial charge in [0.2, 0.25) is 5.91 Å². The van der Waals surface area contributed by atoms with Crippen LogP contribution in [0, 0.1) is 12.8 Å². The molecule has 5 nitrogen and oxygen atoms in total. The topological polar surface area (TPSA) is 58.1 Å². The van der Waals surface area contributed by atoms with Gasteiger partial charge < -0.3 is 10.2 Å². The first-order valence-electron chi connectivity index (χ1n) is 11.1.